The molecule has 1 heterocycles. The second-order valence-corrected chi connectivity index (χ2v) is 5.36. The van der Waals surface area contributed by atoms with Crippen molar-refractivity contribution in [2.24, 2.45) is 0 Å². The summed E-state index contributed by atoms with van der Waals surface area (Å²) in [4.78, 5) is 8.33. The molecule has 0 N–H and O–H groups in total. The van der Waals surface area contributed by atoms with Crippen LogP contribution in [-0.2, 0) is 5.41 Å². The van der Waals surface area contributed by atoms with Gasteiger partial charge in [-0.25, -0.2) is 14.4 Å². The third-order valence-electron chi connectivity index (χ3n) is 2.87. The Morgan fingerprint density at radius 1 is 1.11 bits per heavy atom. The molecule has 0 atom stereocenters. The lowest BCUT2D eigenvalue weighted by atomic mass is 9.85. The monoisotopic (exact) mass is 260 g/mol. The summed E-state index contributed by atoms with van der Waals surface area (Å²) in [5, 5.41) is 0. The minimum atomic E-state index is -0.312. The molecule has 0 aliphatic heterocycles. The first-order chi connectivity index (χ1) is 8.93. The maximum absolute atomic E-state index is 13.8. The highest BCUT2D eigenvalue weighted by Crippen LogP contribution is 2.38. The van der Waals surface area contributed by atoms with Crippen molar-refractivity contribution in [1.82, 2.24) is 9.97 Å². The van der Waals surface area contributed by atoms with E-state index in [2.05, 4.69) is 9.97 Å². The largest absolute Gasteiger partial charge is 0.496 e. The van der Waals surface area contributed by atoms with Crippen LogP contribution in [0.5, 0.6) is 5.75 Å². The third-order valence-corrected chi connectivity index (χ3v) is 2.87. The van der Waals surface area contributed by atoms with Crippen LogP contribution >= 0.6 is 0 Å². The first-order valence-electron chi connectivity index (χ1n) is 6.09. The summed E-state index contributed by atoms with van der Waals surface area (Å²) in [7, 11) is 1.58. The number of hydrogen-bond acceptors (Lipinski definition) is 3. The van der Waals surface area contributed by atoms with Crippen molar-refractivity contribution in [3.8, 4) is 17.1 Å². The van der Waals surface area contributed by atoms with Gasteiger partial charge in [0.05, 0.1) is 12.7 Å². The van der Waals surface area contributed by atoms with Crippen molar-refractivity contribution in [2.75, 3.05) is 7.11 Å². The Bertz CT molecular complexity index is 577. The zero-order valence-electron chi connectivity index (χ0n) is 11.6. The minimum absolute atomic E-state index is 0.225. The molecule has 0 aliphatic carbocycles. The second-order valence-electron chi connectivity index (χ2n) is 5.36. The minimum Gasteiger partial charge on any atom is -0.496 e. The fraction of sp³-hybridized carbons (Fsp3) is 0.333. The smallest absolute Gasteiger partial charge is 0.162 e. The third kappa shape index (κ3) is 2.72. The molecule has 4 heteroatoms. The standard InChI is InChI=1S/C15H17FN2O/c1-15(2,3)12-9-10(16)8-11(13(12)19-4)14-17-6-5-7-18-14/h5-9H,1-4H3. The summed E-state index contributed by atoms with van der Waals surface area (Å²) >= 11 is 0. The zero-order valence-corrected chi connectivity index (χ0v) is 11.6. The van der Waals surface area contributed by atoms with Gasteiger partial charge in [-0.1, -0.05) is 20.8 Å². The summed E-state index contributed by atoms with van der Waals surface area (Å²) in [5.41, 5.74) is 1.15. The van der Waals surface area contributed by atoms with Crippen LogP contribution in [0.15, 0.2) is 30.6 Å². The summed E-state index contributed by atoms with van der Waals surface area (Å²) in [6, 6.07) is 4.63. The van der Waals surface area contributed by atoms with E-state index in [1.807, 2.05) is 20.8 Å². The molecule has 0 fully saturated rings. The second kappa shape index (κ2) is 4.96. The lowest BCUT2D eigenvalue weighted by Gasteiger charge is -2.23. The lowest BCUT2D eigenvalue weighted by Crippen LogP contribution is -2.14. The average molecular weight is 260 g/mol. The van der Waals surface area contributed by atoms with E-state index in [9.17, 15) is 4.39 Å². The van der Waals surface area contributed by atoms with Crippen LogP contribution in [-0.4, -0.2) is 17.1 Å². The molecule has 0 saturated heterocycles. The Morgan fingerprint density at radius 3 is 2.26 bits per heavy atom. The normalized spacial score (nSPS) is 11.4. The zero-order chi connectivity index (χ0) is 14.0. The van der Waals surface area contributed by atoms with Gasteiger partial charge in [0.2, 0.25) is 0 Å². The SMILES string of the molecule is COc1c(-c2ncccn2)cc(F)cc1C(C)(C)C. The summed E-state index contributed by atoms with van der Waals surface area (Å²) < 4.78 is 19.3. The molecule has 1 aromatic heterocycles. The van der Waals surface area contributed by atoms with Crippen molar-refractivity contribution >= 4 is 0 Å². The fourth-order valence-corrected chi connectivity index (χ4v) is 1.97. The van der Waals surface area contributed by atoms with E-state index in [1.165, 1.54) is 12.1 Å². The molecule has 0 bridgehead atoms. The Kier molecular flexibility index (Phi) is 3.51. The molecule has 3 nitrogen and oxygen atoms in total. The first-order valence-corrected chi connectivity index (χ1v) is 6.09. The van der Waals surface area contributed by atoms with Gasteiger partial charge < -0.3 is 4.74 Å². The molecule has 0 saturated carbocycles. The fourth-order valence-electron chi connectivity index (χ4n) is 1.97. The maximum Gasteiger partial charge on any atom is 0.162 e. The van der Waals surface area contributed by atoms with Gasteiger partial charge in [-0.15, -0.1) is 0 Å². The van der Waals surface area contributed by atoms with Crippen LogP contribution in [0, 0.1) is 5.82 Å². The van der Waals surface area contributed by atoms with E-state index >= 15 is 0 Å². The van der Waals surface area contributed by atoms with Crippen LogP contribution in [0.1, 0.15) is 26.3 Å². The van der Waals surface area contributed by atoms with Crippen molar-refractivity contribution in [3.05, 3.63) is 42.0 Å². The first kappa shape index (κ1) is 13.5. The Labute approximate surface area is 112 Å². The quantitative estimate of drug-likeness (QED) is 0.827. The van der Waals surface area contributed by atoms with Crippen LogP contribution in [0.25, 0.3) is 11.4 Å². The van der Waals surface area contributed by atoms with E-state index in [4.69, 9.17) is 4.74 Å². The van der Waals surface area contributed by atoms with E-state index in [0.717, 1.165) is 5.56 Å². The van der Waals surface area contributed by atoms with Gasteiger partial charge in [-0.2, -0.15) is 0 Å². The summed E-state index contributed by atoms with van der Waals surface area (Å²) in [6.45, 7) is 6.04. The van der Waals surface area contributed by atoms with Crippen LogP contribution in [0.2, 0.25) is 0 Å². The molecule has 2 aromatic rings. The molecule has 0 unspecified atom stereocenters. The molecule has 100 valence electrons. The van der Waals surface area contributed by atoms with Gasteiger partial charge in [0.1, 0.15) is 11.6 Å². The highest BCUT2D eigenvalue weighted by molar-refractivity contribution is 5.67. The number of benzene rings is 1. The van der Waals surface area contributed by atoms with Gasteiger partial charge in [0, 0.05) is 18.0 Å². The maximum atomic E-state index is 13.8. The lowest BCUT2D eigenvalue weighted by molar-refractivity contribution is 0.397. The molecule has 1 aromatic carbocycles. The van der Waals surface area contributed by atoms with E-state index in [0.29, 0.717) is 17.1 Å². The summed E-state index contributed by atoms with van der Waals surface area (Å²) in [6.07, 6.45) is 3.26. The number of halogens is 1. The topological polar surface area (TPSA) is 35.0 Å². The number of nitrogens with zero attached hydrogens (tertiary/aromatic N) is 2. The molecule has 0 spiro atoms. The number of hydrogen-bond donors (Lipinski definition) is 0. The molecule has 0 radical (unpaired) electrons. The molecule has 0 amide bonds. The van der Waals surface area contributed by atoms with E-state index in [-0.39, 0.29) is 11.2 Å². The molecular weight excluding hydrogens is 243 g/mol. The molecule has 19 heavy (non-hydrogen) atoms. The highest BCUT2D eigenvalue weighted by atomic mass is 19.1. The van der Waals surface area contributed by atoms with Crippen LogP contribution < -0.4 is 4.74 Å². The van der Waals surface area contributed by atoms with Crippen LogP contribution in [0.4, 0.5) is 4.39 Å². The van der Waals surface area contributed by atoms with Gasteiger partial charge in [-0.3, -0.25) is 0 Å². The Balaban J connectivity index is 2.71. The van der Waals surface area contributed by atoms with Gasteiger partial charge in [-0.05, 0) is 23.6 Å². The average Bonchev–Trinajstić information content (AvgIpc) is 2.37. The number of methoxy groups -OCH3 is 1. The Hall–Kier alpha value is -1.97. The van der Waals surface area contributed by atoms with Gasteiger partial charge >= 0.3 is 0 Å². The predicted molar refractivity (Wildman–Crippen MR) is 72.7 cm³/mol. The Morgan fingerprint density at radius 2 is 1.74 bits per heavy atom. The van der Waals surface area contributed by atoms with E-state index in [1.54, 1.807) is 25.6 Å². The van der Waals surface area contributed by atoms with E-state index < -0.39 is 0 Å². The number of ether oxygens (including phenoxy) is 1. The van der Waals surface area contributed by atoms with Gasteiger partial charge in [0.15, 0.2) is 5.82 Å². The summed E-state index contributed by atoms with van der Waals surface area (Å²) in [5.74, 6) is 0.776. The molecule has 2 rings (SSSR count). The molecule has 0 aliphatic rings. The van der Waals surface area contributed by atoms with Crippen molar-refractivity contribution in [3.63, 3.8) is 0 Å². The van der Waals surface area contributed by atoms with Crippen molar-refractivity contribution < 1.29 is 9.13 Å². The van der Waals surface area contributed by atoms with Crippen LogP contribution in [0.3, 0.4) is 0 Å². The van der Waals surface area contributed by atoms with Crippen molar-refractivity contribution in [1.29, 1.82) is 0 Å². The molecular formula is C15H17FN2O. The van der Waals surface area contributed by atoms with Crippen molar-refractivity contribution in [2.45, 2.75) is 26.2 Å². The number of rotatable bonds is 2. The number of aromatic nitrogens is 2. The van der Waals surface area contributed by atoms with Gasteiger partial charge in [0.25, 0.3) is 0 Å². The predicted octanol–water partition coefficient (Wildman–Crippen LogP) is 3.59. The highest BCUT2D eigenvalue weighted by Gasteiger charge is 2.24.